The van der Waals surface area contributed by atoms with E-state index in [2.05, 4.69) is 33.7 Å². The zero-order valence-electron chi connectivity index (χ0n) is 17.8. The van der Waals surface area contributed by atoms with Gasteiger partial charge in [0.25, 0.3) is 5.91 Å². The van der Waals surface area contributed by atoms with Crippen LogP contribution in [0.4, 0.5) is 0 Å². The molecule has 1 aliphatic heterocycles. The molecule has 0 saturated carbocycles. The van der Waals surface area contributed by atoms with Crippen LogP contribution in [0.1, 0.15) is 21.5 Å². The number of benzene rings is 1. The summed E-state index contributed by atoms with van der Waals surface area (Å²) in [4.78, 5) is 25.0. The number of carbonyl (C=O) groups excluding carboxylic acids is 1. The van der Waals surface area contributed by atoms with Gasteiger partial charge in [0.2, 0.25) is 5.88 Å². The van der Waals surface area contributed by atoms with Crippen molar-refractivity contribution in [2.45, 2.75) is 13.5 Å². The molecule has 2 aromatic heterocycles. The molecule has 31 heavy (non-hydrogen) atoms. The number of hydrogen-bond acceptors (Lipinski definition) is 6. The Morgan fingerprint density at radius 1 is 1.13 bits per heavy atom. The first kappa shape index (κ1) is 20.7. The Hall–Kier alpha value is -3.52. The smallest absolute Gasteiger partial charge is 0.255 e. The molecule has 1 saturated heterocycles. The van der Waals surface area contributed by atoms with Gasteiger partial charge in [0.1, 0.15) is 0 Å². The molecule has 1 aromatic carbocycles. The van der Waals surface area contributed by atoms with E-state index < -0.39 is 0 Å². The van der Waals surface area contributed by atoms with E-state index in [0.717, 1.165) is 29.8 Å². The van der Waals surface area contributed by atoms with Crippen LogP contribution in [0.5, 0.6) is 5.88 Å². The maximum atomic E-state index is 12.7. The summed E-state index contributed by atoms with van der Waals surface area (Å²) in [5.41, 5.74) is 4.11. The summed E-state index contributed by atoms with van der Waals surface area (Å²) < 4.78 is 1.37. The minimum atomic E-state index is -0.0257. The maximum absolute atomic E-state index is 12.7. The first-order valence-corrected chi connectivity index (χ1v) is 10.2. The fraction of sp³-hybridized carbons (Fsp3) is 0.304. The van der Waals surface area contributed by atoms with Crippen LogP contribution < -0.4 is 0 Å². The lowest BCUT2D eigenvalue weighted by molar-refractivity contribution is 0.0663. The largest absolute Gasteiger partial charge is 0.493 e. The van der Waals surface area contributed by atoms with Gasteiger partial charge < -0.3 is 14.9 Å². The number of likely N-dealkylation sites (N-methyl/N-ethyl adjacent to an activating group) is 1. The molecule has 1 amide bonds. The van der Waals surface area contributed by atoms with E-state index in [9.17, 15) is 9.90 Å². The van der Waals surface area contributed by atoms with Gasteiger partial charge in [-0.15, -0.1) is 0 Å². The van der Waals surface area contributed by atoms with Gasteiger partial charge in [0, 0.05) is 32.4 Å². The Kier molecular flexibility index (Phi) is 5.81. The second-order valence-electron chi connectivity index (χ2n) is 7.83. The van der Waals surface area contributed by atoms with Gasteiger partial charge >= 0.3 is 0 Å². The van der Waals surface area contributed by atoms with Crippen molar-refractivity contribution < 1.29 is 9.90 Å². The Morgan fingerprint density at radius 3 is 2.55 bits per heavy atom. The van der Waals surface area contributed by atoms with Crippen molar-refractivity contribution in [3.8, 4) is 22.8 Å². The van der Waals surface area contributed by atoms with Gasteiger partial charge in [-0.3, -0.25) is 9.79 Å². The van der Waals surface area contributed by atoms with Crippen LogP contribution in [0.3, 0.4) is 0 Å². The lowest BCUT2D eigenvalue weighted by atomic mass is 10.0. The minimum absolute atomic E-state index is 0.00309. The van der Waals surface area contributed by atoms with Gasteiger partial charge in [0.15, 0.2) is 5.82 Å². The van der Waals surface area contributed by atoms with Crippen molar-refractivity contribution in [3.63, 3.8) is 0 Å². The van der Waals surface area contributed by atoms with Crippen LogP contribution in [-0.2, 0) is 6.54 Å². The Morgan fingerprint density at radius 2 is 1.90 bits per heavy atom. The molecule has 3 aromatic rings. The number of rotatable bonds is 5. The van der Waals surface area contributed by atoms with Crippen LogP contribution in [-0.4, -0.2) is 75.5 Å². The van der Waals surface area contributed by atoms with Gasteiger partial charge in [-0.05, 0) is 49.5 Å². The fourth-order valence-corrected chi connectivity index (χ4v) is 3.79. The predicted octanol–water partition coefficient (Wildman–Crippen LogP) is 2.54. The van der Waals surface area contributed by atoms with Crippen LogP contribution in [0.2, 0.25) is 0 Å². The lowest BCUT2D eigenvalue weighted by Gasteiger charge is -2.32. The highest BCUT2D eigenvalue weighted by Crippen LogP contribution is 2.33. The van der Waals surface area contributed by atoms with E-state index in [0.29, 0.717) is 36.6 Å². The topological polar surface area (TPSA) is 86.9 Å². The molecule has 0 aliphatic carbocycles. The van der Waals surface area contributed by atoms with Crippen molar-refractivity contribution in [2.24, 2.45) is 4.99 Å². The highest BCUT2D eigenvalue weighted by atomic mass is 16.3. The molecule has 0 atom stereocenters. The van der Waals surface area contributed by atoms with Crippen molar-refractivity contribution in [2.75, 3.05) is 33.2 Å². The summed E-state index contributed by atoms with van der Waals surface area (Å²) in [6, 6.07) is 9.36. The molecule has 8 heteroatoms. The molecule has 4 rings (SSSR count). The van der Waals surface area contributed by atoms with Gasteiger partial charge in [-0.25, -0.2) is 4.98 Å². The second-order valence-corrected chi connectivity index (χ2v) is 7.83. The quantitative estimate of drug-likeness (QED) is 0.644. The third-order valence-electron chi connectivity index (χ3n) is 5.62. The molecule has 8 nitrogen and oxygen atoms in total. The van der Waals surface area contributed by atoms with Crippen LogP contribution >= 0.6 is 0 Å². The number of piperazine rings is 1. The zero-order valence-corrected chi connectivity index (χ0v) is 17.8. The normalized spacial score (nSPS) is 14.6. The molecule has 1 N–H and O–H groups in total. The summed E-state index contributed by atoms with van der Waals surface area (Å²) in [5, 5.41) is 15.1. The van der Waals surface area contributed by atoms with Crippen molar-refractivity contribution in [3.05, 3.63) is 59.4 Å². The molecule has 3 heterocycles. The van der Waals surface area contributed by atoms with Crippen molar-refractivity contribution >= 4 is 12.6 Å². The van der Waals surface area contributed by atoms with E-state index in [-0.39, 0.29) is 11.8 Å². The van der Waals surface area contributed by atoms with Crippen LogP contribution in [0.25, 0.3) is 16.9 Å². The zero-order chi connectivity index (χ0) is 22.0. The molecule has 1 aliphatic rings. The predicted molar refractivity (Wildman–Crippen MR) is 120 cm³/mol. The number of hydrogen-bond donors (Lipinski definition) is 1. The highest BCUT2D eigenvalue weighted by molar-refractivity contribution is 5.94. The van der Waals surface area contributed by atoms with Crippen LogP contribution in [0.15, 0.2) is 47.7 Å². The monoisotopic (exact) mass is 418 g/mol. The average Bonchev–Trinajstić information content (AvgIpc) is 3.15. The molecule has 0 radical (unpaired) electrons. The number of aromatic nitrogens is 3. The molecule has 0 unspecified atom stereocenters. The molecular weight excluding hydrogens is 392 g/mol. The molecule has 1 fully saturated rings. The van der Waals surface area contributed by atoms with E-state index in [1.54, 1.807) is 24.5 Å². The second kappa shape index (κ2) is 8.69. The molecule has 0 spiro atoms. The molecular formula is C23H26N6O2. The Labute approximate surface area is 181 Å². The van der Waals surface area contributed by atoms with E-state index >= 15 is 0 Å². The van der Waals surface area contributed by atoms with Crippen molar-refractivity contribution in [1.82, 2.24) is 24.6 Å². The van der Waals surface area contributed by atoms with E-state index in [4.69, 9.17) is 0 Å². The number of carbonyl (C=O) groups is 1. The number of pyridine rings is 1. The van der Waals surface area contributed by atoms with E-state index in [1.165, 1.54) is 4.68 Å². The summed E-state index contributed by atoms with van der Waals surface area (Å²) in [6.07, 6.45) is 3.16. The summed E-state index contributed by atoms with van der Waals surface area (Å²) in [7, 11) is 2.05. The van der Waals surface area contributed by atoms with Gasteiger partial charge in [-0.1, -0.05) is 18.2 Å². The highest BCUT2D eigenvalue weighted by Gasteiger charge is 2.21. The summed E-state index contributed by atoms with van der Waals surface area (Å²) in [5.74, 6) is 0.425. The maximum Gasteiger partial charge on any atom is 0.255 e. The molecule has 0 bridgehead atoms. The third kappa shape index (κ3) is 4.20. The first-order valence-electron chi connectivity index (χ1n) is 10.2. The number of aromatic hydroxyl groups is 1. The third-order valence-corrected chi connectivity index (χ3v) is 5.62. The summed E-state index contributed by atoms with van der Waals surface area (Å²) in [6.45, 7) is 9.21. The number of nitrogens with zero attached hydrogens (tertiary/aromatic N) is 6. The van der Waals surface area contributed by atoms with Gasteiger partial charge in [0.05, 0.1) is 23.9 Å². The van der Waals surface area contributed by atoms with Gasteiger partial charge in [-0.2, -0.15) is 9.78 Å². The SMILES string of the molecule is C=NCc1ccc(-c2cnn(-c3ccc(C(=O)N4CCN(C)CC4)cn3)c2O)c(C)c1. The number of aryl methyl sites for hydroxylation is 1. The number of aliphatic imine (C=N–C) groups is 1. The molecule has 160 valence electrons. The first-order chi connectivity index (χ1) is 15.0. The Bertz CT molecular complexity index is 1100. The lowest BCUT2D eigenvalue weighted by Crippen LogP contribution is -2.47. The summed E-state index contributed by atoms with van der Waals surface area (Å²) >= 11 is 0. The number of amides is 1. The van der Waals surface area contributed by atoms with E-state index in [1.807, 2.05) is 30.0 Å². The Balaban J connectivity index is 1.55. The minimum Gasteiger partial charge on any atom is -0.493 e. The fourth-order valence-electron chi connectivity index (χ4n) is 3.79. The average molecular weight is 419 g/mol. The van der Waals surface area contributed by atoms with Crippen molar-refractivity contribution in [1.29, 1.82) is 0 Å². The van der Waals surface area contributed by atoms with Crippen LogP contribution in [0, 0.1) is 6.92 Å². The standard InChI is InChI=1S/C23H26N6O2/c1-16-12-17(13-24-2)4-6-19(16)20-15-26-29(23(20)31)21-7-5-18(14-25-21)22(30)28-10-8-27(3)9-11-28/h4-7,12,14-15,31H,2,8-11,13H2,1,3H3.